The molecular formula is C16H25N. The molecule has 0 aromatic heterocycles. The van der Waals surface area contributed by atoms with Crippen molar-refractivity contribution in [3.63, 3.8) is 0 Å². The van der Waals surface area contributed by atoms with Crippen molar-refractivity contribution in [3.8, 4) is 0 Å². The van der Waals surface area contributed by atoms with Gasteiger partial charge in [-0.3, -0.25) is 0 Å². The second-order valence-corrected chi connectivity index (χ2v) is 5.00. The largest absolute Gasteiger partial charge is 0.319 e. The van der Waals surface area contributed by atoms with Crippen molar-refractivity contribution in [2.45, 2.75) is 40.5 Å². The van der Waals surface area contributed by atoms with Crippen LogP contribution in [0.3, 0.4) is 0 Å². The van der Waals surface area contributed by atoms with Gasteiger partial charge >= 0.3 is 0 Å². The lowest BCUT2D eigenvalue weighted by molar-refractivity contribution is 0.802. The number of nitrogens with one attached hydrogen (secondary N) is 1. The van der Waals surface area contributed by atoms with E-state index in [1.54, 1.807) is 0 Å². The fraction of sp³-hybridized carbons (Fsp3) is 0.500. The van der Waals surface area contributed by atoms with Crippen LogP contribution < -0.4 is 5.32 Å². The smallest absolute Gasteiger partial charge is 0.00172 e. The zero-order valence-corrected chi connectivity index (χ0v) is 11.9. The molecule has 0 atom stereocenters. The summed E-state index contributed by atoms with van der Waals surface area (Å²) in [6, 6.07) is 4.56. The second kappa shape index (κ2) is 6.61. The Labute approximate surface area is 106 Å². The Bertz CT molecular complexity index is 379. The van der Waals surface area contributed by atoms with Gasteiger partial charge in [-0.05, 0) is 70.8 Å². The summed E-state index contributed by atoms with van der Waals surface area (Å²) >= 11 is 0. The van der Waals surface area contributed by atoms with Gasteiger partial charge in [-0.1, -0.05) is 29.3 Å². The molecule has 0 heterocycles. The fourth-order valence-corrected chi connectivity index (χ4v) is 2.30. The quantitative estimate of drug-likeness (QED) is 0.601. The average molecular weight is 231 g/mol. The standard InChI is InChI=1S/C16H25N/c1-12(7-6-8-17-5)11-16-14(3)9-13(2)10-15(16)4/h7,9-10,17H,6,8,11H2,1-5H3. The Morgan fingerprint density at radius 1 is 1.18 bits per heavy atom. The third-order valence-corrected chi connectivity index (χ3v) is 3.18. The van der Waals surface area contributed by atoms with Crippen molar-refractivity contribution in [3.05, 3.63) is 46.0 Å². The van der Waals surface area contributed by atoms with Crippen molar-refractivity contribution < 1.29 is 0 Å². The predicted molar refractivity (Wildman–Crippen MR) is 76.7 cm³/mol. The van der Waals surface area contributed by atoms with Gasteiger partial charge in [0.05, 0.1) is 0 Å². The zero-order chi connectivity index (χ0) is 12.8. The third-order valence-electron chi connectivity index (χ3n) is 3.18. The van der Waals surface area contributed by atoms with Gasteiger partial charge < -0.3 is 5.32 Å². The van der Waals surface area contributed by atoms with E-state index in [-0.39, 0.29) is 0 Å². The molecule has 1 heteroatoms. The molecule has 1 aromatic carbocycles. The highest BCUT2D eigenvalue weighted by Gasteiger charge is 2.04. The van der Waals surface area contributed by atoms with E-state index < -0.39 is 0 Å². The van der Waals surface area contributed by atoms with Crippen molar-refractivity contribution >= 4 is 0 Å². The van der Waals surface area contributed by atoms with Crippen molar-refractivity contribution in [1.82, 2.24) is 5.32 Å². The molecule has 1 rings (SSSR count). The molecule has 0 aliphatic carbocycles. The molecule has 1 aromatic rings. The lowest BCUT2D eigenvalue weighted by atomic mass is 9.94. The maximum atomic E-state index is 3.17. The maximum absolute atomic E-state index is 3.17. The Morgan fingerprint density at radius 2 is 1.76 bits per heavy atom. The summed E-state index contributed by atoms with van der Waals surface area (Å²) in [6.45, 7) is 9.89. The van der Waals surface area contributed by atoms with Gasteiger partial charge in [-0.25, -0.2) is 0 Å². The van der Waals surface area contributed by atoms with Crippen LogP contribution in [-0.4, -0.2) is 13.6 Å². The second-order valence-electron chi connectivity index (χ2n) is 5.00. The summed E-state index contributed by atoms with van der Waals surface area (Å²) in [6.07, 6.45) is 4.54. The number of hydrogen-bond donors (Lipinski definition) is 1. The van der Waals surface area contributed by atoms with E-state index in [0.29, 0.717) is 0 Å². The first-order valence-corrected chi connectivity index (χ1v) is 6.41. The van der Waals surface area contributed by atoms with Crippen LogP contribution in [0.15, 0.2) is 23.8 Å². The van der Waals surface area contributed by atoms with Crippen LogP contribution in [0.5, 0.6) is 0 Å². The summed E-state index contributed by atoms with van der Waals surface area (Å²) in [5, 5.41) is 3.17. The molecule has 0 saturated heterocycles. The van der Waals surface area contributed by atoms with Crippen LogP contribution >= 0.6 is 0 Å². The third kappa shape index (κ3) is 4.35. The van der Waals surface area contributed by atoms with E-state index in [0.717, 1.165) is 19.4 Å². The molecule has 0 unspecified atom stereocenters. The van der Waals surface area contributed by atoms with E-state index in [1.165, 1.54) is 27.8 Å². The van der Waals surface area contributed by atoms with E-state index in [2.05, 4.69) is 51.2 Å². The van der Waals surface area contributed by atoms with Gasteiger partial charge in [0.2, 0.25) is 0 Å². The summed E-state index contributed by atoms with van der Waals surface area (Å²) in [4.78, 5) is 0. The minimum absolute atomic E-state index is 1.06. The highest BCUT2D eigenvalue weighted by Crippen LogP contribution is 2.19. The summed E-state index contributed by atoms with van der Waals surface area (Å²) in [5.74, 6) is 0. The van der Waals surface area contributed by atoms with Gasteiger partial charge in [0.25, 0.3) is 0 Å². The van der Waals surface area contributed by atoms with Crippen LogP contribution in [0.4, 0.5) is 0 Å². The van der Waals surface area contributed by atoms with E-state index >= 15 is 0 Å². The number of benzene rings is 1. The SMILES string of the molecule is CNCCC=C(C)Cc1c(C)cc(C)cc1C. The van der Waals surface area contributed by atoms with Gasteiger partial charge in [0.1, 0.15) is 0 Å². The highest BCUT2D eigenvalue weighted by atomic mass is 14.8. The van der Waals surface area contributed by atoms with Gasteiger partial charge in [-0.15, -0.1) is 0 Å². The first-order valence-electron chi connectivity index (χ1n) is 6.41. The van der Waals surface area contributed by atoms with Crippen LogP contribution in [0.25, 0.3) is 0 Å². The minimum Gasteiger partial charge on any atom is -0.319 e. The summed E-state index contributed by atoms with van der Waals surface area (Å²) < 4.78 is 0. The van der Waals surface area contributed by atoms with Crippen LogP contribution in [0, 0.1) is 20.8 Å². The van der Waals surface area contributed by atoms with Gasteiger partial charge in [0, 0.05) is 0 Å². The first kappa shape index (κ1) is 14.0. The summed E-state index contributed by atoms with van der Waals surface area (Å²) in [7, 11) is 2.00. The Morgan fingerprint density at radius 3 is 2.29 bits per heavy atom. The lowest BCUT2D eigenvalue weighted by Crippen LogP contribution is -2.06. The maximum Gasteiger partial charge on any atom is -0.00172 e. The molecule has 1 nitrogen and oxygen atoms in total. The molecule has 0 aliphatic heterocycles. The van der Waals surface area contributed by atoms with Crippen molar-refractivity contribution in [2.75, 3.05) is 13.6 Å². The van der Waals surface area contributed by atoms with E-state index in [4.69, 9.17) is 0 Å². The molecule has 1 N–H and O–H groups in total. The molecule has 0 saturated carbocycles. The molecule has 0 fully saturated rings. The highest BCUT2D eigenvalue weighted by molar-refractivity contribution is 5.39. The molecular weight excluding hydrogens is 206 g/mol. The van der Waals surface area contributed by atoms with Crippen molar-refractivity contribution in [1.29, 1.82) is 0 Å². The zero-order valence-electron chi connectivity index (χ0n) is 11.9. The molecule has 0 radical (unpaired) electrons. The van der Waals surface area contributed by atoms with Crippen LogP contribution in [-0.2, 0) is 6.42 Å². The Kier molecular flexibility index (Phi) is 5.43. The number of hydrogen-bond acceptors (Lipinski definition) is 1. The normalized spacial score (nSPS) is 11.9. The molecule has 0 spiro atoms. The molecule has 17 heavy (non-hydrogen) atoms. The molecule has 0 aliphatic rings. The van der Waals surface area contributed by atoms with E-state index in [9.17, 15) is 0 Å². The van der Waals surface area contributed by atoms with Crippen molar-refractivity contribution in [2.24, 2.45) is 0 Å². The number of aryl methyl sites for hydroxylation is 3. The monoisotopic (exact) mass is 231 g/mol. The number of rotatable bonds is 5. The minimum atomic E-state index is 1.06. The summed E-state index contributed by atoms with van der Waals surface area (Å²) in [5.41, 5.74) is 7.16. The molecule has 0 bridgehead atoms. The van der Waals surface area contributed by atoms with E-state index in [1.807, 2.05) is 7.05 Å². The van der Waals surface area contributed by atoms with Gasteiger partial charge in [0.15, 0.2) is 0 Å². The fourth-order valence-electron chi connectivity index (χ4n) is 2.30. The Hall–Kier alpha value is -1.08. The molecule has 94 valence electrons. The van der Waals surface area contributed by atoms with Crippen LogP contribution in [0.1, 0.15) is 35.6 Å². The first-order chi connectivity index (χ1) is 8.04. The number of allylic oxidation sites excluding steroid dienone is 1. The van der Waals surface area contributed by atoms with Crippen LogP contribution in [0.2, 0.25) is 0 Å². The predicted octanol–water partition coefficient (Wildman–Crippen LogP) is 3.71. The Balaban J connectivity index is 2.78. The molecule has 0 amide bonds. The lowest BCUT2D eigenvalue weighted by Gasteiger charge is -2.11. The topological polar surface area (TPSA) is 12.0 Å². The average Bonchev–Trinajstić information content (AvgIpc) is 2.24. The van der Waals surface area contributed by atoms with Gasteiger partial charge in [-0.2, -0.15) is 0 Å².